The molecule has 0 aliphatic rings. The molecule has 0 radical (unpaired) electrons. The molecule has 0 unspecified atom stereocenters. The van der Waals surface area contributed by atoms with E-state index in [2.05, 4.69) is 0 Å². The molecule has 0 atom stereocenters. The van der Waals surface area contributed by atoms with Crippen LogP contribution in [0.5, 0.6) is 0 Å². The lowest BCUT2D eigenvalue weighted by molar-refractivity contribution is -0.108. The van der Waals surface area contributed by atoms with E-state index in [0.717, 1.165) is 22.3 Å². The lowest BCUT2D eigenvalue weighted by atomic mass is 10.3. The van der Waals surface area contributed by atoms with Crippen molar-refractivity contribution in [1.82, 2.24) is 0 Å². The van der Waals surface area contributed by atoms with Gasteiger partial charge in [-0.15, -0.1) is 11.3 Å². The number of carbonyl (C=O) groups is 2. The molecule has 1 aromatic rings. The minimum atomic E-state index is 0.462. The maximum atomic E-state index is 10.1. The molecule has 0 bridgehead atoms. The van der Waals surface area contributed by atoms with Gasteiger partial charge in [0.25, 0.3) is 0 Å². The van der Waals surface area contributed by atoms with Crippen molar-refractivity contribution < 1.29 is 9.59 Å². The van der Waals surface area contributed by atoms with Gasteiger partial charge in [0.1, 0.15) is 12.6 Å². The Hall–Kier alpha value is -0.960. The van der Waals surface area contributed by atoms with Crippen LogP contribution >= 0.6 is 11.3 Å². The molecule has 58 valence electrons. The summed E-state index contributed by atoms with van der Waals surface area (Å²) >= 11 is 1.52. The molecule has 1 heterocycles. The highest BCUT2D eigenvalue weighted by Crippen LogP contribution is 2.15. The van der Waals surface area contributed by atoms with Gasteiger partial charge >= 0.3 is 0 Å². The molecule has 0 aliphatic heterocycles. The van der Waals surface area contributed by atoms with Crippen molar-refractivity contribution in [3.63, 3.8) is 0 Å². The quantitative estimate of drug-likeness (QED) is 0.634. The lowest BCUT2D eigenvalue weighted by Gasteiger charge is -1.83. The molecule has 0 N–H and O–H groups in total. The predicted octanol–water partition coefficient (Wildman–Crippen LogP) is 1.23. The van der Waals surface area contributed by atoms with Gasteiger partial charge in [-0.05, 0) is 12.1 Å². The van der Waals surface area contributed by atoms with Crippen LogP contribution in [0.1, 0.15) is 9.75 Å². The van der Waals surface area contributed by atoms with E-state index in [1.807, 2.05) is 12.1 Å². The fourth-order valence-electron chi connectivity index (χ4n) is 0.806. The summed E-state index contributed by atoms with van der Waals surface area (Å²) in [4.78, 5) is 22.2. The zero-order valence-electron chi connectivity index (χ0n) is 5.95. The Labute approximate surface area is 68.9 Å². The molecule has 0 spiro atoms. The first-order valence-electron chi connectivity index (χ1n) is 3.31. The van der Waals surface area contributed by atoms with E-state index in [4.69, 9.17) is 0 Å². The Kier molecular flexibility index (Phi) is 2.98. The monoisotopic (exact) mass is 168 g/mol. The van der Waals surface area contributed by atoms with E-state index < -0.39 is 0 Å². The SMILES string of the molecule is O=CCc1ccc(CC=O)s1. The third-order valence-corrected chi connectivity index (χ3v) is 2.42. The van der Waals surface area contributed by atoms with E-state index in [0.29, 0.717) is 12.8 Å². The summed E-state index contributed by atoms with van der Waals surface area (Å²) in [7, 11) is 0. The Morgan fingerprint density at radius 3 is 1.91 bits per heavy atom. The normalized spacial score (nSPS) is 9.45. The summed E-state index contributed by atoms with van der Waals surface area (Å²) in [5.74, 6) is 0. The molecule has 1 rings (SSSR count). The molecule has 0 aliphatic carbocycles. The van der Waals surface area contributed by atoms with Crippen molar-refractivity contribution in [2.75, 3.05) is 0 Å². The highest BCUT2D eigenvalue weighted by molar-refractivity contribution is 7.12. The molecular weight excluding hydrogens is 160 g/mol. The first kappa shape index (κ1) is 8.14. The van der Waals surface area contributed by atoms with Crippen LogP contribution in [0.4, 0.5) is 0 Å². The predicted molar refractivity (Wildman–Crippen MR) is 43.9 cm³/mol. The molecule has 0 amide bonds. The number of carbonyl (C=O) groups excluding carboxylic acids is 2. The van der Waals surface area contributed by atoms with E-state index in [1.165, 1.54) is 11.3 Å². The second-order valence-electron chi connectivity index (χ2n) is 2.11. The van der Waals surface area contributed by atoms with Crippen molar-refractivity contribution in [3.8, 4) is 0 Å². The standard InChI is InChI=1S/C8H8O2S/c9-5-3-7-1-2-8(11-7)4-6-10/h1-2,5-6H,3-4H2. The maximum Gasteiger partial charge on any atom is 0.125 e. The maximum absolute atomic E-state index is 10.1. The van der Waals surface area contributed by atoms with Gasteiger partial charge in [-0.25, -0.2) is 0 Å². The topological polar surface area (TPSA) is 34.1 Å². The largest absolute Gasteiger partial charge is 0.303 e. The van der Waals surface area contributed by atoms with Crippen LogP contribution < -0.4 is 0 Å². The first-order chi connectivity index (χ1) is 5.36. The van der Waals surface area contributed by atoms with Crippen LogP contribution in [-0.2, 0) is 22.4 Å². The Morgan fingerprint density at radius 1 is 1.09 bits per heavy atom. The molecule has 2 nitrogen and oxygen atoms in total. The molecule has 0 aromatic carbocycles. The highest BCUT2D eigenvalue weighted by Gasteiger charge is 1.97. The Balaban J connectivity index is 2.64. The molecule has 11 heavy (non-hydrogen) atoms. The summed E-state index contributed by atoms with van der Waals surface area (Å²) in [6.07, 6.45) is 2.67. The van der Waals surface area contributed by atoms with Gasteiger partial charge in [-0.2, -0.15) is 0 Å². The van der Waals surface area contributed by atoms with Gasteiger partial charge in [-0.1, -0.05) is 0 Å². The van der Waals surface area contributed by atoms with Gasteiger partial charge in [0.05, 0.1) is 0 Å². The highest BCUT2D eigenvalue weighted by atomic mass is 32.1. The van der Waals surface area contributed by atoms with Crippen LogP contribution in [0.25, 0.3) is 0 Å². The van der Waals surface area contributed by atoms with Crippen LogP contribution in [-0.4, -0.2) is 12.6 Å². The molecule has 0 saturated heterocycles. The fraction of sp³-hybridized carbons (Fsp3) is 0.250. The van der Waals surface area contributed by atoms with E-state index in [-0.39, 0.29) is 0 Å². The molecule has 0 fully saturated rings. The molecule has 1 aromatic heterocycles. The zero-order valence-corrected chi connectivity index (χ0v) is 6.76. The molecule has 3 heteroatoms. The second-order valence-corrected chi connectivity index (χ2v) is 3.36. The van der Waals surface area contributed by atoms with Gasteiger partial charge in [-0.3, -0.25) is 0 Å². The third kappa shape index (κ3) is 2.27. The Morgan fingerprint density at radius 2 is 1.55 bits per heavy atom. The first-order valence-corrected chi connectivity index (χ1v) is 4.13. The number of hydrogen-bond donors (Lipinski definition) is 0. The van der Waals surface area contributed by atoms with Crippen molar-refractivity contribution >= 4 is 23.9 Å². The minimum absolute atomic E-state index is 0.462. The number of rotatable bonds is 4. The summed E-state index contributed by atoms with van der Waals surface area (Å²) in [6.45, 7) is 0. The van der Waals surface area contributed by atoms with E-state index >= 15 is 0 Å². The fourth-order valence-corrected chi connectivity index (χ4v) is 1.72. The average molecular weight is 168 g/mol. The van der Waals surface area contributed by atoms with Crippen molar-refractivity contribution in [2.24, 2.45) is 0 Å². The van der Waals surface area contributed by atoms with Crippen LogP contribution in [0.3, 0.4) is 0 Å². The van der Waals surface area contributed by atoms with E-state index in [1.54, 1.807) is 0 Å². The summed E-state index contributed by atoms with van der Waals surface area (Å²) < 4.78 is 0. The number of aldehydes is 2. The summed E-state index contributed by atoms with van der Waals surface area (Å²) in [6, 6.07) is 3.77. The van der Waals surface area contributed by atoms with Crippen LogP contribution in [0, 0.1) is 0 Å². The summed E-state index contributed by atoms with van der Waals surface area (Å²) in [5.41, 5.74) is 0. The van der Waals surface area contributed by atoms with Crippen molar-refractivity contribution in [2.45, 2.75) is 12.8 Å². The number of hydrogen-bond acceptors (Lipinski definition) is 3. The van der Waals surface area contributed by atoms with Crippen molar-refractivity contribution in [1.29, 1.82) is 0 Å². The minimum Gasteiger partial charge on any atom is -0.303 e. The Bertz CT molecular complexity index is 228. The zero-order chi connectivity index (χ0) is 8.10. The van der Waals surface area contributed by atoms with Crippen LogP contribution in [0.2, 0.25) is 0 Å². The summed E-state index contributed by atoms with van der Waals surface area (Å²) in [5, 5.41) is 0. The van der Waals surface area contributed by atoms with Gasteiger partial charge < -0.3 is 9.59 Å². The van der Waals surface area contributed by atoms with Crippen molar-refractivity contribution in [3.05, 3.63) is 21.9 Å². The van der Waals surface area contributed by atoms with Crippen LogP contribution in [0.15, 0.2) is 12.1 Å². The molecule has 0 saturated carbocycles. The number of thiophene rings is 1. The van der Waals surface area contributed by atoms with Gasteiger partial charge in [0, 0.05) is 22.6 Å². The smallest absolute Gasteiger partial charge is 0.125 e. The van der Waals surface area contributed by atoms with E-state index in [9.17, 15) is 9.59 Å². The van der Waals surface area contributed by atoms with Gasteiger partial charge in [0.15, 0.2) is 0 Å². The van der Waals surface area contributed by atoms with Gasteiger partial charge in [0.2, 0.25) is 0 Å². The third-order valence-electron chi connectivity index (χ3n) is 1.29. The second kappa shape index (κ2) is 4.03. The lowest BCUT2D eigenvalue weighted by Crippen LogP contribution is -1.78. The average Bonchev–Trinajstić information content (AvgIpc) is 2.38. The molecular formula is C8H8O2S.